The maximum atomic E-state index is 13.0. The van der Waals surface area contributed by atoms with Crippen LogP contribution in [0.2, 0.25) is 5.02 Å². The Morgan fingerprint density at radius 3 is 2.66 bits per heavy atom. The molecule has 29 heavy (non-hydrogen) atoms. The van der Waals surface area contributed by atoms with Gasteiger partial charge in [-0.15, -0.1) is 0 Å². The number of piperidine rings is 1. The minimum atomic E-state index is -0.142. The topological polar surface area (TPSA) is 71.3 Å². The standard InChI is InChI=1S/C22H23ClN4O2/c1-15-20(21(26-29-15)16-5-7-17(23)8-6-16)22(28)25-18-9-12-27(13-10-18)14-19-4-2-3-11-24-19/h2-8,11,18H,9-10,12-14H2,1H3,(H,25,28). The van der Waals surface area contributed by atoms with Crippen molar-refractivity contribution in [1.29, 1.82) is 0 Å². The number of likely N-dealkylation sites (tertiary alicyclic amines) is 1. The van der Waals surface area contributed by atoms with E-state index >= 15 is 0 Å². The molecule has 4 rings (SSSR count). The van der Waals surface area contributed by atoms with Gasteiger partial charge in [0.05, 0.1) is 5.69 Å². The molecule has 1 amide bonds. The van der Waals surface area contributed by atoms with Crippen molar-refractivity contribution in [3.8, 4) is 11.3 Å². The zero-order chi connectivity index (χ0) is 20.2. The lowest BCUT2D eigenvalue weighted by Crippen LogP contribution is -2.44. The van der Waals surface area contributed by atoms with Crippen molar-refractivity contribution >= 4 is 17.5 Å². The van der Waals surface area contributed by atoms with E-state index in [1.54, 1.807) is 19.1 Å². The molecule has 1 fully saturated rings. The fourth-order valence-electron chi connectivity index (χ4n) is 3.66. The second-order valence-corrected chi connectivity index (χ2v) is 7.75. The van der Waals surface area contributed by atoms with E-state index in [1.807, 2.05) is 36.5 Å². The van der Waals surface area contributed by atoms with Crippen LogP contribution in [0.15, 0.2) is 53.2 Å². The summed E-state index contributed by atoms with van der Waals surface area (Å²) < 4.78 is 5.32. The molecule has 1 saturated heterocycles. The number of nitrogens with one attached hydrogen (secondary N) is 1. The molecular weight excluding hydrogens is 388 g/mol. The summed E-state index contributed by atoms with van der Waals surface area (Å²) in [6, 6.07) is 13.3. The van der Waals surface area contributed by atoms with Crippen molar-refractivity contribution in [3.63, 3.8) is 0 Å². The van der Waals surface area contributed by atoms with Crippen LogP contribution in [0.3, 0.4) is 0 Å². The van der Waals surface area contributed by atoms with Crippen molar-refractivity contribution in [2.24, 2.45) is 0 Å². The van der Waals surface area contributed by atoms with Crippen LogP contribution in [0.4, 0.5) is 0 Å². The molecule has 0 aliphatic carbocycles. The molecule has 150 valence electrons. The van der Waals surface area contributed by atoms with E-state index in [-0.39, 0.29) is 11.9 Å². The molecule has 0 atom stereocenters. The molecule has 3 heterocycles. The summed E-state index contributed by atoms with van der Waals surface area (Å²) in [5.74, 6) is 0.372. The number of rotatable bonds is 5. The van der Waals surface area contributed by atoms with E-state index in [9.17, 15) is 4.79 Å². The summed E-state index contributed by atoms with van der Waals surface area (Å²) in [5, 5.41) is 7.89. The molecule has 0 saturated carbocycles. The van der Waals surface area contributed by atoms with E-state index in [2.05, 4.69) is 20.4 Å². The quantitative estimate of drug-likeness (QED) is 0.685. The van der Waals surface area contributed by atoms with Gasteiger partial charge in [-0.25, -0.2) is 0 Å². The van der Waals surface area contributed by atoms with Crippen LogP contribution in [0.5, 0.6) is 0 Å². The number of amides is 1. The summed E-state index contributed by atoms with van der Waals surface area (Å²) >= 11 is 5.97. The van der Waals surface area contributed by atoms with Gasteiger partial charge in [-0.3, -0.25) is 14.7 Å². The third kappa shape index (κ3) is 4.66. The van der Waals surface area contributed by atoms with E-state index in [0.717, 1.165) is 43.7 Å². The predicted octanol–water partition coefficient (Wildman–Crippen LogP) is 4.09. The van der Waals surface area contributed by atoms with Crippen LogP contribution in [-0.2, 0) is 6.54 Å². The van der Waals surface area contributed by atoms with Gasteiger partial charge in [0.2, 0.25) is 0 Å². The van der Waals surface area contributed by atoms with Gasteiger partial charge < -0.3 is 9.84 Å². The molecule has 1 aliphatic rings. The predicted molar refractivity (Wildman–Crippen MR) is 112 cm³/mol. The molecule has 6 nitrogen and oxygen atoms in total. The first-order chi connectivity index (χ1) is 14.1. The molecule has 1 N–H and O–H groups in total. The van der Waals surface area contributed by atoms with Crippen molar-refractivity contribution in [1.82, 2.24) is 20.4 Å². The number of halogens is 1. The lowest BCUT2D eigenvalue weighted by atomic mass is 10.0. The molecule has 1 aliphatic heterocycles. The van der Waals surface area contributed by atoms with Crippen molar-refractivity contribution in [2.75, 3.05) is 13.1 Å². The van der Waals surface area contributed by atoms with Crippen LogP contribution in [0, 0.1) is 6.92 Å². The summed E-state index contributed by atoms with van der Waals surface area (Å²) in [6.45, 7) is 4.45. The Morgan fingerprint density at radius 2 is 1.97 bits per heavy atom. The Hall–Kier alpha value is -2.70. The number of aryl methyl sites for hydroxylation is 1. The summed E-state index contributed by atoms with van der Waals surface area (Å²) in [6.07, 6.45) is 3.63. The molecule has 0 bridgehead atoms. The van der Waals surface area contributed by atoms with E-state index in [4.69, 9.17) is 16.1 Å². The Bertz CT molecular complexity index is 964. The number of nitrogens with zero attached hydrogens (tertiary/aromatic N) is 3. The van der Waals surface area contributed by atoms with Gasteiger partial charge in [0, 0.05) is 42.5 Å². The maximum Gasteiger partial charge on any atom is 0.257 e. The highest BCUT2D eigenvalue weighted by atomic mass is 35.5. The first-order valence-corrected chi connectivity index (χ1v) is 10.1. The lowest BCUT2D eigenvalue weighted by molar-refractivity contribution is 0.0907. The van der Waals surface area contributed by atoms with Crippen molar-refractivity contribution < 1.29 is 9.32 Å². The zero-order valence-corrected chi connectivity index (χ0v) is 17.0. The van der Waals surface area contributed by atoms with Crippen LogP contribution in [0.25, 0.3) is 11.3 Å². The third-order valence-corrected chi connectivity index (χ3v) is 5.49. The fourth-order valence-corrected chi connectivity index (χ4v) is 3.78. The second-order valence-electron chi connectivity index (χ2n) is 7.31. The van der Waals surface area contributed by atoms with Crippen LogP contribution < -0.4 is 5.32 Å². The molecule has 0 unspecified atom stereocenters. The van der Waals surface area contributed by atoms with Gasteiger partial charge in [0.25, 0.3) is 5.91 Å². The first kappa shape index (κ1) is 19.6. The van der Waals surface area contributed by atoms with E-state index in [1.165, 1.54) is 0 Å². The SMILES string of the molecule is Cc1onc(-c2ccc(Cl)cc2)c1C(=O)NC1CCN(Cc2ccccn2)CC1. The Kier molecular flexibility index (Phi) is 5.92. The summed E-state index contributed by atoms with van der Waals surface area (Å²) in [4.78, 5) is 19.7. The van der Waals surface area contributed by atoms with Crippen molar-refractivity contribution in [3.05, 3.63) is 70.7 Å². The number of carbonyl (C=O) groups is 1. The van der Waals surface area contributed by atoms with Gasteiger partial charge in [-0.05, 0) is 44.0 Å². The molecule has 0 radical (unpaired) electrons. The number of pyridine rings is 1. The van der Waals surface area contributed by atoms with Crippen LogP contribution in [-0.4, -0.2) is 40.1 Å². The fraction of sp³-hybridized carbons (Fsp3) is 0.318. The minimum Gasteiger partial charge on any atom is -0.360 e. The second kappa shape index (κ2) is 8.76. The summed E-state index contributed by atoms with van der Waals surface area (Å²) in [7, 11) is 0. The Labute approximate surface area is 174 Å². The molecule has 0 spiro atoms. The molecule has 1 aromatic carbocycles. The number of carbonyl (C=O) groups excluding carboxylic acids is 1. The average Bonchev–Trinajstić information content (AvgIpc) is 3.12. The van der Waals surface area contributed by atoms with Crippen molar-refractivity contribution in [2.45, 2.75) is 32.4 Å². The molecule has 7 heteroatoms. The van der Waals surface area contributed by atoms with Crippen LogP contribution >= 0.6 is 11.6 Å². The largest absolute Gasteiger partial charge is 0.360 e. The van der Waals surface area contributed by atoms with Gasteiger partial charge in [-0.2, -0.15) is 0 Å². The maximum absolute atomic E-state index is 13.0. The first-order valence-electron chi connectivity index (χ1n) is 9.75. The van der Waals surface area contributed by atoms with Gasteiger partial charge in [0.1, 0.15) is 17.0 Å². The average molecular weight is 411 g/mol. The molecule has 3 aromatic rings. The number of aromatic nitrogens is 2. The molecule has 2 aromatic heterocycles. The highest BCUT2D eigenvalue weighted by molar-refractivity contribution is 6.30. The highest BCUT2D eigenvalue weighted by Crippen LogP contribution is 2.27. The Balaban J connectivity index is 1.38. The van der Waals surface area contributed by atoms with Gasteiger partial charge in [-0.1, -0.05) is 35.0 Å². The van der Waals surface area contributed by atoms with Gasteiger partial charge >= 0.3 is 0 Å². The molecular formula is C22H23ClN4O2. The minimum absolute atomic E-state index is 0.134. The van der Waals surface area contributed by atoms with Crippen LogP contribution in [0.1, 0.15) is 34.7 Å². The lowest BCUT2D eigenvalue weighted by Gasteiger charge is -2.32. The highest BCUT2D eigenvalue weighted by Gasteiger charge is 2.26. The summed E-state index contributed by atoms with van der Waals surface area (Å²) in [5.41, 5.74) is 2.91. The number of hydrogen-bond donors (Lipinski definition) is 1. The van der Waals surface area contributed by atoms with Gasteiger partial charge in [0.15, 0.2) is 0 Å². The Morgan fingerprint density at radius 1 is 1.21 bits per heavy atom. The monoisotopic (exact) mass is 410 g/mol. The number of benzene rings is 1. The van der Waals surface area contributed by atoms with E-state index in [0.29, 0.717) is 22.0 Å². The smallest absolute Gasteiger partial charge is 0.257 e. The third-order valence-electron chi connectivity index (χ3n) is 5.24. The van der Waals surface area contributed by atoms with E-state index < -0.39 is 0 Å². The zero-order valence-electron chi connectivity index (χ0n) is 16.3. The normalized spacial score (nSPS) is 15.4. The number of hydrogen-bond acceptors (Lipinski definition) is 5.